The Kier molecular flexibility index (Phi) is 2.87. The van der Waals surface area contributed by atoms with Crippen molar-refractivity contribution < 1.29 is 5.11 Å². The van der Waals surface area contributed by atoms with E-state index in [1.54, 1.807) is 6.07 Å². The second kappa shape index (κ2) is 4.13. The largest absolute Gasteiger partial charge is 0.384 e. The highest BCUT2D eigenvalue weighted by molar-refractivity contribution is 7.14. The zero-order valence-electron chi connectivity index (χ0n) is 7.35. The van der Waals surface area contributed by atoms with Gasteiger partial charge in [-0.05, 0) is 22.6 Å². The fraction of sp³-hybridized carbons (Fsp3) is 0.0909. The lowest BCUT2D eigenvalue weighted by Crippen LogP contribution is -1.96. The molecular formula is C11H9ClOS. The van der Waals surface area contributed by atoms with Gasteiger partial charge in [0.05, 0.1) is 4.34 Å². The monoisotopic (exact) mass is 224 g/mol. The molecule has 3 heteroatoms. The smallest absolute Gasteiger partial charge is 0.105 e. The number of hydrogen-bond acceptors (Lipinski definition) is 2. The summed E-state index contributed by atoms with van der Waals surface area (Å²) in [5, 5.41) is 11.8. The lowest BCUT2D eigenvalue weighted by Gasteiger charge is -2.08. The van der Waals surface area contributed by atoms with Crippen LogP contribution in [-0.2, 0) is 0 Å². The van der Waals surface area contributed by atoms with Gasteiger partial charge in [-0.3, -0.25) is 0 Å². The van der Waals surface area contributed by atoms with E-state index in [0.717, 1.165) is 11.1 Å². The maximum absolute atomic E-state index is 9.95. The van der Waals surface area contributed by atoms with Crippen LogP contribution in [0, 0.1) is 0 Å². The fourth-order valence-corrected chi connectivity index (χ4v) is 2.20. The van der Waals surface area contributed by atoms with E-state index in [0.29, 0.717) is 4.34 Å². The first-order valence-electron chi connectivity index (χ1n) is 4.24. The second-order valence-corrected chi connectivity index (χ2v) is 4.54. The molecule has 72 valence electrons. The molecule has 0 saturated heterocycles. The molecule has 2 aromatic rings. The van der Waals surface area contributed by atoms with Gasteiger partial charge in [-0.1, -0.05) is 41.9 Å². The second-order valence-electron chi connectivity index (χ2n) is 3.00. The Labute approximate surface area is 91.6 Å². The normalized spacial score (nSPS) is 12.7. The Morgan fingerprint density at radius 1 is 1.14 bits per heavy atom. The Morgan fingerprint density at radius 3 is 2.43 bits per heavy atom. The van der Waals surface area contributed by atoms with E-state index in [-0.39, 0.29) is 0 Å². The van der Waals surface area contributed by atoms with Crippen LogP contribution in [-0.4, -0.2) is 5.11 Å². The Bertz CT molecular complexity index is 410. The van der Waals surface area contributed by atoms with Crippen molar-refractivity contribution in [2.45, 2.75) is 6.10 Å². The summed E-state index contributed by atoms with van der Waals surface area (Å²) < 4.78 is 0.704. The highest BCUT2D eigenvalue weighted by atomic mass is 35.5. The minimum atomic E-state index is -0.569. The maximum Gasteiger partial charge on any atom is 0.105 e. The number of halogens is 1. The van der Waals surface area contributed by atoms with Gasteiger partial charge < -0.3 is 5.11 Å². The van der Waals surface area contributed by atoms with E-state index >= 15 is 0 Å². The molecule has 1 aromatic carbocycles. The third kappa shape index (κ3) is 1.98. The third-order valence-corrected chi connectivity index (χ3v) is 3.13. The van der Waals surface area contributed by atoms with Crippen LogP contribution in [0.2, 0.25) is 4.34 Å². The third-order valence-electron chi connectivity index (χ3n) is 2.02. The summed E-state index contributed by atoms with van der Waals surface area (Å²) in [6, 6.07) is 11.3. The predicted molar refractivity (Wildman–Crippen MR) is 59.8 cm³/mol. The van der Waals surface area contributed by atoms with Crippen LogP contribution < -0.4 is 0 Å². The highest BCUT2D eigenvalue weighted by Crippen LogP contribution is 2.28. The van der Waals surface area contributed by atoms with Crippen LogP contribution in [0.25, 0.3) is 0 Å². The topological polar surface area (TPSA) is 20.2 Å². The van der Waals surface area contributed by atoms with Gasteiger partial charge in [0.1, 0.15) is 6.10 Å². The van der Waals surface area contributed by atoms with Crippen molar-refractivity contribution >= 4 is 22.9 Å². The molecule has 0 bridgehead atoms. The molecule has 14 heavy (non-hydrogen) atoms. The minimum absolute atomic E-state index is 0.569. The minimum Gasteiger partial charge on any atom is -0.384 e. The van der Waals surface area contributed by atoms with Gasteiger partial charge in [0, 0.05) is 0 Å². The van der Waals surface area contributed by atoms with Gasteiger partial charge >= 0.3 is 0 Å². The molecule has 0 aliphatic rings. The van der Waals surface area contributed by atoms with E-state index in [2.05, 4.69) is 0 Å². The quantitative estimate of drug-likeness (QED) is 0.828. The predicted octanol–water partition coefficient (Wildman–Crippen LogP) is 3.48. The van der Waals surface area contributed by atoms with Crippen molar-refractivity contribution in [1.82, 2.24) is 0 Å². The molecule has 0 amide bonds. The van der Waals surface area contributed by atoms with Crippen LogP contribution in [0.5, 0.6) is 0 Å². The number of thiophene rings is 1. The van der Waals surface area contributed by atoms with Gasteiger partial charge in [-0.2, -0.15) is 0 Å². The molecule has 0 aliphatic carbocycles. The van der Waals surface area contributed by atoms with Crippen molar-refractivity contribution in [1.29, 1.82) is 0 Å². The lowest BCUT2D eigenvalue weighted by atomic mass is 10.1. The number of benzene rings is 1. The average Bonchev–Trinajstić information content (AvgIpc) is 2.65. The summed E-state index contributed by atoms with van der Waals surface area (Å²) in [7, 11) is 0. The molecule has 2 rings (SSSR count). The van der Waals surface area contributed by atoms with Crippen LogP contribution in [0.1, 0.15) is 17.2 Å². The lowest BCUT2D eigenvalue weighted by molar-refractivity contribution is 0.221. The van der Waals surface area contributed by atoms with Crippen molar-refractivity contribution in [2.75, 3.05) is 0 Å². The molecule has 0 fully saturated rings. The van der Waals surface area contributed by atoms with E-state index < -0.39 is 6.10 Å². The fourth-order valence-electron chi connectivity index (χ4n) is 1.29. The molecule has 1 aromatic heterocycles. The molecular weight excluding hydrogens is 216 g/mol. The summed E-state index contributed by atoms with van der Waals surface area (Å²) >= 11 is 7.23. The summed E-state index contributed by atoms with van der Waals surface area (Å²) in [5.74, 6) is 0. The molecule has 1 nitrogen and oxygen atoms in total. The van der Waals surface area contributed by atoms with Crippen molar-refractivity contribution in [3.05, 3.63) is 57.2 Å². The molecule has 0 saturated carbocycles. The SMILES string of the molecule is OC(c1ccccc1)c1csc(Cl)c1. The summed E-state index contributed by atoms with van der Waals surface area (Å²) in [6.07, 6.45) is -0.569. The molecule has 0 aliphatic heterocycles. The van der Waals surface area contributed by atoms with Gasteiger partial charge in [0.2, 0.25) is 0 Å². The summed E-state index contributed by atoms with van der Waals surface area (Å²) in [4.78, 5) is 0. The highest BCUT2D eigenvalue weighted by Gasteiger charge is 2.10. The first-order chi connectivity index (χ1) is 6.77. The van der Waals surface area contributed by atoms with Gasteiger partial charge in [0.25, 0.3) is 0 Å². The number of rotatable bonds is 2. The van der Waals surface area contributed by atoms with Crippen LogP contribution in [0.15, 0.2) is 41.8 Å². The zero-order chi connectivity index (χ0) is 9.97. The maximum atomic E-state index is 9.95. The van der Waals surface area contributed by atoms with E-state index in [4.69, 9.17) is 11.6 Å². The number of aliphatic hydroxyl groups excluding tert-OH is 1. The van der Waals surface area contributed by atoms with E-state index in [1.807, 2.05) is 35.7 Å². The molecule has 1 heterocycles. The zero-order valence-corrected chi connectivity index (χ0v) is 8.92. The van der Waals surface area contributed by atoms with E-state index in [1.165, 1.54) is 11.3 Å². The molecule has 0 spiro atoms. The molecule has 1 N–H and O–H groups in total. The first-order valence-corrected chi connectivity index (χ1v) is 5.50. The Balaban J connectivity index is 2.29. The van der Waals surface area contributed by atoms with Gasteiger partial charge in [0.15, 0.2) is 0 Å². The number of hydrogen-bond donors (Lipinski definition) is 1. The van der Waals surface area contributed by atoms with Crippen molar-refractivity contribution in [3.63, 3.8) is 0 Å². The molecule has 0 radical (unpaired) electrons. The number of aliphatic hydroxyl groups is 1. The Morgan fingerprint density at radius 2 is 1.86 bits per heavy atom. The van der Waals surface area contributed by atoms with Crippen molar-refractivity contribution in [2.24, 2.45) is 0 Å². The molecule has 1 unspecified atom stereocenters. The van der Waals surface area contributed by atoms with Crippen LogP contribution >= 0.6 is 22.9 Å². The Hall–Kier alpha value is -0.830. The molecule has 1 atom stereocenters. The van der Waals surface area contributed by atoms with E-state index in [9.17, 15) is 5.11 Å². The van der Waals surface area contributed by atoms with Crippen molar-refractivity contribution in [3.8, 4) is 0 Å². The van der Waals surface area contributed by atoms with Crippen LogP contribution in [0.3, 0.4) is 0 Å². The summed E-state index contributed by atoms with van der Waals surface area (Å²) in [6.45, 7) is 0. The standard InChI is InChI=1S/C11H9ClOS/c12-10-6-9(7-14-10)11(13)8-4-2-1-3-5-8/h1-7,11,13H. The van der Waals surface area contributed by atoms with Gasteiger partial charge in [-0.15, -0.1) is 11.3 Å². The van der Waals surface area contributed by atoms with Crippen LogP contribution in [0.4, 0.5) is 0 Å². The average molecular weight is 225 g/mol. The summed E-state index contributed by atoms with van der Waals surface area (Å²) in [5.41, 5.74) is 1.74. The van der Waals surface area contributed by atoms with Gasteiger partial charge in [-0.25, -0.2) is 0 Å². The first kappa shape index (κ1) is 9.71.